The summed E-state index contributed by atoms with van der Waals surface area (Å²) >= 11 is 5.99. The van der Waals surface area contributed by atoms with E-state index in [1.807, 2.05) is 0 Å². The monoisotopic (exact) mass is 309 g/mol. The summed E-state index contributed by atoms with van der Waals surface area (Å²) in [7, 11) is 0. The van der Waals surface area contributed by atoms with E-state index >= 15 is 0 Å². The second-order valence-electron chi connectivity index (χ2n) is 2.38. The van der Waals surface area contributed by atoms with Crippen LogP contribution in [0.5, 0.6) is 0 Å². The summed E-state index contributed by atoms with van der Waals surface area (Å²) in [5, 5.41) is 0. The van der Waals surface area contributed by atoms with Crippen molar-refractivity contribution < 1.29 is 8.81 Å². The Morgan fingerprint density at radius 1 is 1.46 bits per heavy atom. The Bertz CT molecular complexity index is 531. The van der Waals surface area contributed by atoms with Gasteiger partial charge in [-0.05, 0) is 37.9 Å². The molecule has 1 aromatic carbocycles. The van der Waals surface area contributed by atoms with Crippen LogP contribution in [0.15, 0.2) is 24.2 Å². The Morgan fingerprint density at radius 3 is 2.85 bits per heavy atom. The van der Waals surface area contributed by atoms with Gasteiger partial charge < -0.3 is 4.42 Å². The van der Waals surface area contributed by atoms with Crippen LogP contribution in [0.25, 0.3) is 11.1 Å². The van der Waals surface area contributed by atoms with Crippen molar-refractivity contribution in [3.05, 3.63) is 31.4 Å². The molecule has 0 aliphatic rings. The number of halogens is 3. The van der Waals surface area contributed by atoms with Crippen molar-refractivity contribution in [2.45, 2.75) is 0 Å². The Hall–Kier alpha value is -0.620. The highest BCUT2D eigenvalue weighted by atomic mass is 79.9. The average molecular weight is 311 g/mol. The van der Waals surface area contributed by atoms with E-state index in [0.29, 0.717) is 5.52 Å². The van der Waals surface area contributed by atoms with E-state index in [0.717, 1.165) is 0 Å². The molecule has 0 atom stereocenters. The highest BCUT2D eigenvalue weighted by Crippen LogP contribution is 2.30. The van der Waals surface area contributed by atoms with Crippen molar-refractivity contribution in [3.63, 3.8) is 0 Å². The first-order valence-electron chi connectivity index (χ1n) is 3.26. The summed E-state index contributed by atoms with van der Waals surface area (Å²) in [5.41, 5.74) is 0.635. The molecule has 0 radical (unpaired) electrons. The number of fused-ring (bicyclic) bond motifs is 1. The molecule has 1 aromatic heterocycles. The van der Waals surface area contributed by atoms with Crippen LogP contribution in [-0.4, -0.2) is 4.98 Å². The lowest BCUT2D eigenvalue weighted by Crippen LogP contribution is -1.92. The molecule has 2 aromatic rings. The van der Waals surface area contributed by atoms with Crippen molar-refractivity contribution in [1.29, 1.82) is 0 Å². The van der Waals surface area contributed by atoms with E-state index in [4.69, 9.17) is 4.42 Å². The van der Waals surface area contributed by atoms with Gasteiger partial charge in [0.15, 0.2) is 11.4 Å². The molecule has 6 heteroatoms. The molecule has 0 amide bonds. The topological polar surface area (TPSA) is 46.0 Å². The summed E-state index contributed by atoms with van der Waals surface area (Å²) in [6, 6.07) is 1.44. The van der Waals surface area contributed by atoms with E-state index < -0.39 is 11.6 Å². The van der Waals surface area contributed by atoms with Gasteiger partial charge in [-0.15, -0.1) is 0 Å². The maximum Gasteiger partial charge on any atom is 0.417 e. The summed E-state index contributed by atoms with van der Waals surface area (Å²) in [5.74, 6) is -1.09. The largest absolute Gasteiger partial charge is 0.417 e. The molecular weight excluding hydrogens is 309 g/mol. The molecule has 0 spiro atoms. The predicted octanol–water partition coefficient (Wildman–Crippen LogP) is 2.79. The first-order valence-corrected chi connectivity index (χ1v) is 4.84. The van der Waals surface area contributed by atoms with Gasteiger partial charge >= 0.3 is 5.76 Å². The first-order chi connectivity index (χ1) is 6.09. The summed E-state index contributed by atoms with van der Waals surface area (Å²) in [4.78, 5) is 13.2. The van der Waals surface area contributed by atoms with Crippen molar-refractivity contribution in [3.8, 4) is 0 Å². The third-order valence-corrected chi connectivity index (χ3v) is 2.83. The lowest BCUT2D eigenvalue weighted by atomic mass is 10.3. The van der Waals surface area contributed by atoms with Crippen molar-refractivity contribution >= 4 is 43.0 Å². The maximum atomic E-state index is 13.2. The van der Waals surface area contributed by atoms with Crippen LogP contribution in [0.1, 0.15) is 0 Å². The average Bonchev–Trinajstić information content (AvgIpc) is 2.42. The number of aromatic nitrogens is 1. The third-order valence-electron chi connectivity index (χ3n) is 1.55. The number of hydrogen-bond acceptors (Lipinski definition) is 2. The van der Waals surface area contributed by atoms with E-state index in [1.54, 1.807) is 0 Å². The van der Waals surface area contributed by atoms with Crippen molar-refractivity contribution in [1.82, 2.24) is 4.98 Å². The number of H-pyrrole nitrogens is 1. The van der Waals surface area contributed by atoms with Gasteiger partial charge in [0, 0.05) is 0 Å². The minimum atomic E-state index is -0.604. The molecule has 1 heterocycles. The predicted molar refractivity (Wildman–Crippen MR) is 52.2 cm³/mol. The summed E-state index contributed by atoms with van der Waals surface area (Å²) in [6.07, 6.45) is 0. The van der Waals surface area contributed by atoms with Crippen LogP contribution >= 0.6 is 31.9 Å². The van der Waals surface area contributed by atoms with Crippen LogP contribution in [-0.2, 0) is 0 Å². The van der Waals surface area contributed by atoms with Gasteiger partial charge in [0.25, 0.3) is 0 Å². The summed E-state index contributed by atoms with van der Waals surface area (Å²) < 4.78 is 18.3. The van der Waals surface area contributed by atoms with Crippen molar-refractivity contribution in [2.75, 3.05) is 0 Å². The fourth-order valence-electron chi connectivity index (χ4n) is 0.999. The highest BCUT2D eigenvalue weighted by Gasteiger charge is 2.13. The van der Waals surface area contributed by atoms with E-state index in [9.17, 15) is 9.18 Å². The Morgan fingerprint density at radius 2 is 2.15 bits per heavy atom. The second kappa shape index (κ2) is 2.95. The number of nitrogens with one attached hydrogen (secondary N) is 1. The van der Waals surface area contributed by atoms with Crippen LogP contribution < -0.4 is 5.76 Å². The number of benzene rings is 1. The molecule has 0 unspecified atom stereocenters. The van der Waals surface area contributed by atoms with E-state index in [2.05, 4.69) is 36.8 Å². The fourth-order valence-corrected chi connectivity index (χ4v) is 2.20. The molecule has 13 heavy (non-hydrogen) atoms. The van der Waals surface area contributed by atoms with Crippen molar-refractivity contribution in [2.24, 2.45) is 0 Å². The molecule has 0 fully saturated rings. The normalized spacial score (nSPS) is 11.0. The van der Waals surface area contributed by atoms with Crippen LogP contribution in [0, 0.1) is 5.82 Å². The fraction of sp³-hybridized carbons (Fsp3) is 0. The molecule has 0 saturated carbocycles. The van der Waals surface area contributed by atoms with Gasteiger partial charge in [-0.3, -0.25) is 4.98 Å². The van der Waals surface area contributed by atoms with Gasteiger partial charge in [-0.25, -0.2) is 9.18 Å². The minimum absolute atomic E-state index is 0.134. The SMILES string of the molecule is O=c1[nH]c2cc(Br)c(F)c(Br)c2o1. The number of oxazole rings is 1. The second-order valence-corrected chi connectivity index (χ2v) is 4.02. The van der Waals surface area contributed by atoms with Crippen LogP contribution in [0.4, 0.5) is 4.39 Å². The third kappa shape index (κ3) is 1.34. The Kier molecular flexibility index (Phi) is 2.03. The molecule has 0 aliphatic carbocycles. The highest BCUT2D eigenvalue weighted by molar-refractivity contribution is 9.11. The molecule has 0 aliphatic heterocycles. The van der Waals surface area contributed by atoms with Gasteiger partial charge in [0.2, 0.25) is 0 Å². The number of aromatic amines is 1. The van der Waals surface area contributed by atoms with Gasteiger partial charge in [-0.2, -0.15) is 0 Å². The lowest BCUT2D eigenvalue weighted by Gasteiger charge is -1.96. The maximum absolute atomic E-state index is 13.2. The molecular formula is C7H2Br2FNO2. The van der Waals surface area contributed by atoms with Crippen LogP contribution in [0.3, 0.4) is 0 Å². The zero-order valence-corrected chi connectivity index (χ0v) is 9.20. The van der Waals surface area contributed by atoms with Gasteiger partial charge in [-0.1, -0.05) is 0 Å². The minimum Gasteiger partial charge on any atom is -0.407 e. The quantitative estimate of drug-likeness (QED) is 0.761. The first kappa shape index (κ1) is 8.96. The molecule has 2 rings (SSSR count). The Labute approximate surface area is 88.2 Å². The number of rotatable bonds is 0. The Balaban J connectivity index is 3.00. The molecule has 0 saturated heterocycles. The van der Waals surface area contributed by atoms with E-state index in [-0.39, 0.29) is 14.5 Å². The zero-order chi connectivity index (χ0) is 9.59. The van der Waals surface area contributed by atoms with Crippen LogP contribution in [0.2, 0.25) is 0 Å². The lowest BCUT2D eigenvalue weighted by molar-refractivity contribution is 0.547. The molecule has 1 N–H and O–H groups in total. The number of hydrogen-bond donors (Lipinski definition) is 1. The van der Waals surface area contributed by atoms with Gasteiger partial charge in [0.05, 0.1) is 14.5 Å². The molecule has 68 valence electrons. The van der Waals surface area contributed by atoms with Gasteiger partial charge in [0.1, 0.15) is 0 Å². The smallest absolute Gasteiger partial charge is 0.407 e. The zero-order valence-electron chi connectivity index (χ0n) is 6.03. The summed E-state index contributed by atoms with van der Waals surface area (Å²) in [6.45, 7) is 0. The molecule has 3 nitrogen and oxygen atoms in total. The molecule has 0 bridgehead atoms. The van der Waals surface area contributed by atoms with E-state index in [1.165, 1.54) is 6.07 Å². The standard InChI is InChI=1S/C7H2Br2FNO2/c8-2-1-3-6(4(9)5(2)10)13-7(12)11-3/h1H,(H,11,12).